The van der Waals surface area contributed by atoms with E-state index in [0.717, 1.165) is 29.1 Å². The molecule has 0 aliphatic heterocycles. The van der Waals surface area contributed by atoms with Gasteiger partial charge in [-0.1, -0.05) is 0 Å². The molecule has 0 fully saturated rings. The zero-order chi connectivity index (χ0) is 18.4. The maximum absolute atomic E-state index is 12.1. The van der Waals surface area contributed by atoms with E-state index in [9.17, 15) is 4.79 Å². The van der Waals surface area contributed by atoms with Crippen LogP contribution >= 0.6 is 11.3 Å². The summed E-state index contributed by atoms with van der Waals surface area (Å²) in [4.78, 5) is 29.1. The van der Waals surface area contributed by atoms with Crippen LogP contribution in [-0.4, -0.2) is 32.4 Å². The number of nitrogens with zero attached hydrogens (tertiary/aromatic N) is 4. The molecule has 0 aliphatic carbocycles. The molecule has 3 aromatic rings. The Bertz CT molecular complexity index is 860. The minimum absolute atomic E-state index is 0.0430. The van der Waals surface area contributed by atoms with Gasteiger partial charge < -0.3 is 10.6 Å². The molecule has 0 spiro atoms. The Balaban J connectivity index is 1.49. The standard InChI is InChI=1S/C18H20N6OS/c1-12-9-13(2)22-17(21-12)24-18-23-15(11-26-18)10-16(25)20-8-5-14-3-6-19-7-4-14/h3-4,6-7,9,11H,5,8,10H2,1-2H3,(H,20,25)(H,21,22,23,24). The van der Waals surface area contributed by atoms with E-state index < -0.39 is 0 Å². The van der Waals surface area contributed by atoms with E-state index in [0.29, 0.717) is 17.6 Å². The highest BCUT2D eigenvalue weighted by atomic mass is 32.1. The molecule has 0 atom stereocenters. The van der Waals surface area contributed by atoms with Crippen LogP contribution in [0.1, 0.15) is 22.6 Å². The number of carbonyl (C=O) groups is 1. The van der Waals surface area contributed by atoms with Crippen LogP contribution in [0.3, 0.4) is 0 Å². The fourth-order valence-electron chi connectivity index (χ4n) is 2.45. The Kier molecular flexibility index (Phi) is 5.85. The van der Waals surface area contributed by atoms with Gasteiger partial charge in [0.05, 0.1) is 12.1 Å². The summed E-state index contributed by atoms with van der Waals surface area (Å²) in [6, 6.07) is 5.80. The Morgan fingerprint density at radius 2 is 1.85 bits per heavy atom. The van der Waals surface area contributed by atoms with Crippen molar-refractivity contribution in [3.05, 3.63) is 58.6 Å². The molecule has 1 amide bonds. The molecule has 0 aliphatic rings. The number of amides is 1. The third kappa shape index (κ3) is 5.32. The molecule has 0 saturated heterocycles. The number of aromatic nitrogens is 4. The first-order valence-corrected chi connectivity index (χ1v) is 9.16. The average Bonchev–Trinajstić information content (AvgIpc) is 3.01. The molecule has 7 nitrogen and oxygen atoms in total. The second kappa shape index (κ2) is 8.48. The van der Waals surface area contributed by atoms with E-state index in [2.05, 4.69) is 30.6 Å². The van der Waals surface area contributed by atoms with Crippen LogP contribution in [0.4, 0.5) is 11.1 Å². The van der Waals surface area contributed by atoms with Crippen LogP contribution in [-0.2, 0) is 17.6 Å². The molecule has 0 saturated carbocycles. The van der Waals surface area contributed by atoms with Gasteiger partial charge in [0, 0.05) is 35.7 Å². The zero-order valence-corrected chi connectivity index (χ0v) is 15.5. The van der Waals surface area contributed by atoms with Gasteiger partial charge in [-0.15, -0.1) is 11.3 Å². The molecule has 0 unspecified atom stereocenters. The predicted octanol–water partition coefficient (Wildman–Crippen LogP) is 2.59. The Morgan fingerprint density at radius 1 is 1.12 bits per heavy atom. The third-order valence-electron chi connectivity index (χ3n) is 3.58. The largest absolute Gasteiger partial charge is 0.355 e. The highest BCUT2D eigenvalue weighted by Crippen LogP contribution is 2.19. The van der Waals surface area contributed by atoms with Crippen molar-refractivity contribution >= 4 is 28.3 Å². The maximum Gasteiger partial charge on any atom is 0.229 e. The van der Waals surface area contributed by atoms with E-state index in [4.69, 9.17) is 0 Å². The third-order valence-corrected chi connectivity index (χ3v) is 4.39. The van der Waals surface area contributed by atoms with Crippen molar-refractivity contribution in [3.8, 4) is 0 Å². The molecule has 3 heterocycles. The summed E-state index contributed by atoms with van der Waals surface area (Å²) in [5.41, 5.74) is 3.66. The van der Waals surface area contributed by atoms with E-state index in [1.165, 1.54) is 11.3 Å². The van der Waals surface area contributed by atoms with Crippen LogP contribution < -0.4 is 10.6 Å². The number of anilines is 2. The van der Waals surface area contributed by atoms with Gasteiger partial charge in [-0.25, -0.2) is 15.0 Å². The van der Waals surface area contributed by atoms with Crippen molar-refractivity contribution in [1.82, 2.24) is 25.3 Å². The fourth-order valence-corrected chi connectivity index (χ4v) is 3.15. The first-order valence-electron chi connectivity index (χ1n) is 8.28. The van der Waals surface area contributed by atoms with Crippen LogP contribution in [0.15, 0.2) is 36.0 Å². The summed E-state index contributed by atoms with van der Waals surface area (Å²) in [7, 11) is 0. The molecule has 0 aromatic carbocycles. The monoisotopic (exact) mass is 368 g/mol. The number of pyridine rings is 1. The van der Waals surface area contributed by atoms with E-state index in [1.54, 1.807) is 12.4 Å². The lowest BCUT2D eigenvalue weighted by Gasteiger charge is -2.04. The van der Waals surface area contributed by atoms with Gasteiger partial charge in [0.1, 0.15) is 0 Å². The van der Waals surface area contributed by atoms with E-state index in [1.807, 2.05) is 37.4 Å². The van der Waals surface area contributed by atoms with Crippen molar-refractivity contribution in [2.45, 2.75) is 26.7 Å². The number of hydrogen-bond donors (Lipinski definition) is 2. The number of hydrogen-bond acceptors (Lipinski definition) is 7. The normalized spacial score (nSPS) is 10.5. The lowest BCUT2D eigenvalue weighted by Crippen LogP contribution is -2.27. The lowest BCUT2D eigenvalue weighted by molar-refractivity contribution is -0.120. The maximum atomic E-state index is 12.1. The molecule has 8 heteroatoms. The molecular formula is C18H20N6OS. The summed E-state index contributed by atoms with van der Waals surface area (Å²) in [6.45, 7) is 4.43. The number of rotatable bonds is 7. The quantitative estimate of drug-likeness (QED) is 0.666. The molecule has 2 N–H and O–H groups in total. The minimum atomic E-state index is -0.0430. The Morgan fingerprint density at radius 3 is 2.58 bits per heavy atom. The van der Waals surface area contributed by atoms with Gasteiger partial charge in [0.25, 0.3) is 0 Å². The van der Waals surface area contributed by atoms with Crippen LogP contribution in [0, 0.1) is 13.8 Å². The van der Waals surface area contributed by atoms with Crippen molar-refractivity contribution in [2.24, 2.45) is 0 Å². The van der Waals surface area contributed by atoms with Gasteiger partial charge in [0.2, 0.25) is 11.9 Å². The van der Waals surface area contributed by atoms with Gasteiger partial charge in [-0.05, 0) is 44.0 Å². The highest BCUT2D eigenvalue weighted by Gasteiger charge is 2.09. The zero-order valence-electron chi connectivity index (χ0n) is 14.7. The van der Waals surface area contributed by atoms with Crippen LogP contribution in [0.2, 0.25) is 0 Å². The topological polar surface area (TPSA) is 92.7 Å². The lowest BCUT2D eigenvalue weighted by atomic mass is 10.2. The smallest absolute Gasteiger partial charge is 0.229 e. The molecule has 134 valence electrons. The molecule has 0 radical (unpaired) electrons. The van der Waals surface area contributed by atoms with Crippen molar-refractivity contribution in [3.63, 3.8) is 0 Å². The average molecular weight is 368 g/mol. The minimum Gasteiger partial charge on any atom is -0.355 e. The molecule has 3 aromatic heterocycles. The number of carbonyl (C=O) groups excluding carboxylic acids is 1. The number of aryl methyl sites for hydroxylation is 2. The summed E-state index contributed by atoms with van der Waals surface area (Å²) in [5.74, 6) is 0.476. The molecule has 26 heavy (non-hydrogen) atoms. The summed E-state index contributed by atoms with van der Waals surface area (Å²) < 4.78 is 0. The van der Waals surface area contributed by atoms with Crippen molar-refractivity contribution in [1.29, 1.82) is 0 Å². The molecular weight excluding hydrogens is 348 g/mol. The van der Waals surface area contributed by atoms with E-state index >= 15 is 0 Å². The van der Waals surface area contributed by atoms with Gasteiger partial charge in [-0.2, -0.15) is 0 Å². The van der Waals surface area contributed by atoms with Gasteiger partial charge in [-0.3, -0.25) is 9.78 Å². The number of nitrogens with one attached hydrogen (secondary N) is 2. The summed E-state index contributed by atoms with van der Waals surface area (Å²) >= 11 is 1.43. The molecule has 3 rings (SSSR count). The summed E-state index contributed by atoms with van der Waals surface area (Å²) in [6.07, 6.45) is 4.53. The van der Waals surface area contributed by atoms with Crippen molar-refractivity contribution < 1.29 is 4.79 Å². The number of thiazole rings is 1. The van der Waals surface area contributed by atoms with Gasteiger partial charge >= 0.3 is 0 Å². The van der Waals surface area contributed by atoms with Crippen LogP contribution in [0.5, 0.6) is 0 Å². The SMILES string of the molecule is Cc1cc(C)nc(Nc2nc(CC(=O)NCCc3ccncc3)cs2)n1. The fraction of sp³-hybridized carbons (Fsp3) is 0.278. The molecule has 0 bridgehead atoms. The summed E-state index contributed by atoms with van der Waals surface area (Å²) in [5, 5.41) is 8.55. The Hall–Kier alpha value is -2.87. The van der Waals surface area contributed by atoms with Crippen molar-refractivity contribution in [2.75, 3.05) is 11.9 Å². The van der Waals surface area contributed by atoms with Crippen LogP contribution in [0.25, 0.3) is 0 Å². The Labute approximate surface area is 156 Å². The highest BCUT2D eigenvalue weighted by molar-refractivity contribution is 7.13. The first-order chi connectivity index (χ1) is 12.6. The second-order valence-corrected chi connectivity index (χ2v) is 6.73. The van der Waals surface area contributed by atoms with E-state index in [-0.39, 0.29) is 12.3 Å². The predicted molar refractivity (Wildman–Crippen MR) is 102 cm³/mol. The van der Waals surface area contributed by atoms with Gasteiger partial charge in [0.15, 0.2) is 5.13 Å². The first kappa shape index (κ1) is 17.9. The second-order valence-electron chi connectivity index (χ2n) is 5.88.